The Kier molecular flexibility index (Phi) is 1.43. The van der Waals surface area contributed by atoms with Gasteiger partial charge in [0.2, 0.25) is 0 Å². The minimum absolute atomic E-state index is 0.723. The first-order chi connectivity index (χ1) is 5.79. The van der Waals surface area contributed by atoms with E-state index >= 15 is 0 Å². The molecule has 0 unspecified atom stereocenters. The fourth-order valence-electron chi connectivity index (χ4n) is 1.03. The maximum Gasteiger partial charge on any atom is 0.152 e. The first-order valence-corrected chi connectivity index (χ1v) is 3.55. The zero-order valence-electron chi connectivity index (χ0n) is 6.85. The Morgan fingerprint density at radius 1 is 1.50 bits per heavy atom. The normalized spacial score (nSPS) is 10.5. The van der Waals surface area contributed by atoms with Crippen molar-refractivity contribution in [3.63, 3.8) is 0 Å². The molecule has 2 heterocycles. The van der Waals surface area contributed by atoms with E-state index in [9.17, 15) is 0 Å². The van der Waals surface area contributed by atoms with Crippen LogP contribution in [0.3, 0.4) is 0 Å². The lowest BCUT2D eigenvalue weighted by Gasteiger charge is -1.93. The van der Waals surface area contributed by atoms with Crippen LogP contribution in [0.2, 0.25) is 0 Å². The topological polar surface area (TPSA) is 56.7 Å². The molecule has 0 bridgehead atoms. The fraction of sp³-hybridized carbons (Fsp3) is 0.286. The molecule has 0 N–H and O–H groups in total. The summed E-state index contributed by atoms with van der Waals surface area (Å²) in [4.78, 5) is 0. The summed E-state index contributed by atoms with van der Waals surface area (Å²) in [5.41, 5.74) is 2.73. The molecule has 12 heavy (non-hydrogen) atoms. The molecule has 62 valence electrons. The van der Waals surface area contributed by atoms with E-state index in [1.165, 1.54) is 6.26 Å². The van der Waals surface area contributed by atoms with Gasteiger partial charge in [0, 0.05) is 23.6 Å². The van der Waals surface area contributed by atoms with Crippen molar-refractivity contribution in [2.45, 2.75) is 6.92 Å². The quantitative estimate of drug-likeness (QED) is 0.624. The van der Waals surface area contributed by atoms with Gasteiger partial charge >= 0.3 is 0 Å². The van der Waals surface area contributed by atoms with Gasteiger partial charge in [0.1, 0.15) is 5.69 Å². The minimum atomic E-state index is 0.723. The standard InChI is InChI=1S/C7H8N4O/c1-5-6(3-8-11(5)2)7-4-12-10-9-7/h3-4H,1-2H3. The Morgan fingerprint density at radius 2 is 2.33 bits per heavy atom. The molecule has 2 aromatic rings. The molecule has 5 heteroatoms. The predicted octanol–water partition coefficient (Wildman–Crippen LogP) is 0.779. The van der Waals surface area contributed by atoms with Crippen molar-refractivity contribution in [2.75, 3.05) is 0 Å². The van der Waals surface area contributed by atoms with E-state index in [0.717, 1.165) is 17.0 Å². The van der Waals surface area contributed by atoms with Gasteiger partial charge in [-0.3, -0.25) is 4.68 Å². The highest BCUT2D eigenvalue weighted by Gasteiger charge is 2.08. The highest BCUT2D eigenvalue weighted by Crippen LogP contribution is 2.18. The molecule has 2 rings (SSSR count). The average Bonchev–Trinajstić information content (AvgIpc) is 2.64. The summed E-state index contributed by atoms with van der Waals surface area (Å²) >= 11 is 0. The van der Waals surface area contributed by atoms with Crippen LogP contribution in [0.5, 0.6) is 0 Å². The highest BCUT2D eigenvalue weighted by atomic mass is 16.5. The molecule has 0 aliphatic heterocycles. The van der Waals surface area contributed by atoms with Crippen LogP contribution in [0, 0.1) is 6.92 Å². The summed E-state index contributed by atoms with van der Waals surface area (Å²) in [6.07, 6.45) is 3.25. The van der Waals surface area contributed by atoms with E-state index in [1.807, 2.05) is 14.0 Å². The zero-order chi connectivity index (χ0) is 8.55. The van der Waals surface area contributed by atoms with Gasteiger partial charge in [-0.2, -0.15) is 5.10 Å². The Bertz CT molecular complexity index is 376. The van der Waals surface area contributed by atoms with Crippen molar-refractivity contribution in [3.8, 4) is 11.3 Å². The van der Waals surface area contributed by atoms with Crippen LogP contribution in [-0.4, -0.2) is 20.2 Å². The van der Waals surface area contributed by atoms with Gasteiger partial charge < -0.3 is 4.52 Å². The molecule has 0 spiro atoms. The summed E-state index contributed by atoms with van der Waals surface area (Å²) in [5, 5.41) is 11.3. The summed E-state index contributed by atoms with van der Waals surface area (Å²) in [7, 11) is 1.88. The van der Waals surface area contributed by atoms with Crippen LogP contribution in [0.15, 0.2) is 17.0 Å². The molecule has 0 aromatic carbocycles. The van der Waals surface area contributed by atoms with Crippen molar-refractivity contribution in [2.24, 2.45) is 7.05 Å². The van der Waals surface area contributed by atoms with Gasteiger partial charge in [0.05, 0.1) is 6.20 Å². The smallest absolute Gasteiger partial charge is 0.152 e. The molecular weight excluding hydrogens is 156 g/mol. The van der Waals surface area contributed by atoms with E-state index in [1.54, 1.807) is 10.9 Å². The molecular formula is C7H8N4O. The zero-order valence-corrected chi connectivity index (χ0v) is 6.85. The minimum Gasteiger partial charge on any atom is -0.345 e. The molecule has 0 saturated carbocycles. The van der Waals surface area contributed by atoms with Crippen LogP contribution >= 0.6 is 0 Å². The van der Waals surface area contributed by atoms with Gasteiger partial charge in [-0.05, 0) is 6.92 Å². The predicted molar refractivity (Wildman–Crippen MR) is 41.2 cm³/mol. The van der Waals surface area contributed by atoms with Crippen molar-refractivity contribution >= 4 is 0 Å². The summed E-state index contributed by atoms with van der Waals surface area (Å²) < 4.78 is 6.42. The SMILES string of the molecule is Cc1c(-c2conn2)cnn1C. The van der Waals surface area contributed by atoms with Crippen LogP contribution in [0.1, 0.15) is 5.69 Å². The van der Waals surface area contributed by atoms with E-state index in [4.69, 9.17) is 0 Å². The molecule has 0 amide bonds. The monoisotopic (exact) mass is 164 g/mol. The first-order valence-electron chi connectivity index (χ1n) is 3.55. The van der Waals surface area contributed by atoms with Crippen LogP contribution < -0.4 is 0 Å². The molecule has 0 radical (unpaired) electrons. The van der Waals surface area contributed by atoms with Crippen LogP contribution in [0.4, 0.5) is 0 Å². The van der Waals surface area contributed by atoms with Gasteiger partial charge in [0.15, 0.2) is 6.26 Å². The van der Waals surface area contributed by atoms with Crippen molar-refractivity contribution in [1.29, 1.82) is 0 Å². The Hall–Kier alpha value is -1.65. The highest BCUT2D eigenvalue weighted by molar-refractivity contribution is 5.58. The molecule has 5 nitrogen and oxygen atoms in total. The van der Waals surface area contributed by atoms with Crippen LogP contribution in [0.25, 0.3) is 11.3 Å². The second kappa shape index (κ2) is 2.44. The second-order valence-electron chi connectivity index (χ2n) is 2.56. The number of hydrogen-bond acceptors (Lipinski definition) is 4. The van der Waals surface area contributed by atoms with E-state index in [2.05, 4.69) is 20.0 Å². The third-order valence-corrected chi connectivity index (χ3v) is 1.87. The van der Waals surface area contributed by atoms with Crippen molar-refractivity contribution < 1.29 is 4.52 Å². The number of hydrogen-bond donors (Lipinski definition) is 0. The molecule has 0 aliphatic rings. The van der Waals surface area contributed by atoms with Crippen molar-refractivity contribution in [1.82, 2.24) is 20.2 Å². The molecule has 0 aliphatic carbocycles. The van der Waals surface area contributed by atoms with E-state index in [0.29, 0.717) is 0 Å². The first kappa shape index (κ1) is 7.02. The maximum atomic E-state index is 4.64. The fourth-order valence-corrected chi connectivity index (χ4v) is 1.03. The van der Waals surface area contributed by atoms with Gasteiger partial charge in [-0.15, -0.1) is 5.10 Å². The summed E-state index contributed by atoms with van der Waals surface area (Å²) in [5.74, 6) is 0. The number of rotatable bonds is 1. The average molecular weight is 164 g/mol. The largest absolute Gasteiger partial charge is 0.345 e. The van der Waals surface area contributed by atoms with Crippen LogP contribution in [-0.2, 0) is 7.05 Å². The summed E-state index contributed by atoms with van der Waals surface area (Å²) in [6, 6.07) is 0. The lowest BCUT2D eigenvalue weighted by molar-refractivity contribution is 0.393. The lowest BCUT2D eigenvalue weighted by Crippen LogP contribution is -1.92. The Balaban J connectivity index is 2.55. The Morgan fingerprint density at radius 3 is 2.83 bits per heavy atom. The summed E-state index contributed by atoms with van der Waals surface area (Å²) in [6.45, 7) is 1.97. The lowest BCUT2D eigenvalue weighted by atomic mass is 10.2. The van der Waals surface area contributed by atoms with Crippen molar-refractivity contribution in [3.05, 3.63) is 18.2 Å². The number of aromatic nitrogens is 4. The maximum absolute atomic E-state index is 4.64. The van der Waals surface area contributed by atoms with Gasteiger partial charge in [-0.1, -0.05) is 0 Å². The third kappa shape index (κ3) is 0.903. The Labute approximate surface area is 69.0 Å². The van der Waals surface area contributed by atoms with E-state index < -0.39 is 0 Å². The van der Waals surface area contributed by atoms with E-state index in [-0.39, 0.29) is 0 Å². The van der Waals surface area contributed by atoms with Gasteiger partial charge in [0.25, 0.3) is 0 Å². The molecule has 2 aromatic heterocycles. The molecule has 0 saturated heterocycles. The molecule has 0 fully saturated rings. The number of nitrogens with zero attached hydrogens (tertiary/aromatic N) is 4. The second-order valence-corrected chi connectivity index (χ2v) is 2.56. The van der Waals surface area contributed by atoms with Gasteiger partial charge in [-0.25, -0.2) is 0 Å². The third-order valence-electron chi connectivity index (χ3n) is 1.87. The molecule has 0 atom stereocenters. The number of aryl methyl sites for hydroxylation is 1.